The van der Waals surface area contributed by atoms with Gasteiger partial charge in [-0.25, -0.2) is 9.67 Å². The number of nitrogens with zero attached hydrogens (tertiary/aromatic N) is 5. The lowest BCUT2D eigenvalue weighted by molar-refractivity contribution is -0.274. The average molecular weight is 653 g/mol. The summed E-state index contributed by atoms with van der Waals surface area (Å²) >= 11 is 6.92. The van der Waals surface area contributed by atoms with Gasteiger partial charge in [-0.05, 0) is 78.0 Å². The SMILES string of the molecule is Cc1ccc(C(C)C)c(N2C(=O)CSC2=NC(=S)NCC(C)c2ccc(-c3ncn(-c4ccc(OC(F)(F)F)cc4)n3)cc2)c1. The van der Waals surface area contributed by atoms with Gasteiger partial charge in [0.1, 0.15) is 12.1 Å². The fourth-order valence-electron chi connectivity index (χ4n) is 4.78. The highest BCUT2D eigenvalue weighted by Gasteiger charge is 2.32. The topological polar surface area (TPSA) is 84.6 Å². The Bertz CT molecular complexity index is 1720. The van der Waals surface area contributed by atoms with E-state index in [1.165, 1.54) is 47.0 Å². The zero-order valence-electron chi connectivity index (χ0n) is 25.0. The molecule has 1 N–H and O–H groups in total. The number of ether oxygens (including phenoxy) is 1. The molecule has 1 fully saturated rings. The summed E-state index contributed by atoms with van der Waals surface area (Å²) in [4.78, 5) is 23.5. The van der Waals surface area contributed by atoms with E-state index in [2.05, 4.69) is 58.0 Å². The first-order valence-electron chi connectivity index (χ1n) is 14.2. The summed E-state index contributed by atoms with van der Waals surface area (Å²) in [5.41, 5.74) is 5.39. The van der Waals surface area contributed by atoms with Gasteiger partial charge in [-0.3, -0.25) is 9.69 Å². The number of carbonyl (C=O) groups excluding carboxylic acids is 1. The minimum absolute atomic E-state index is 0.0183. The first-order valence-corrected chi connectivity index (χ1v) is 15.6. The molecule has 13 heteroatoms. The number of alkyl halides is 3. The van der Waals surface area contributed by atoms with Crippen molar-refractivity contribution in [2.45, 2.75) is 45.9 Å². The Balaban J connectivity index is 1.20. The maximum Gasteiger partial charge on any atom is 0.573 e. The molecule has 1 unspecified atom stereocenters. The molecule has 5 rings (SSSR count). The van der Waals surface area contributed by atoms with Crippen LogP contribution in [0.3, 0.4) is 0 Å². The van der Waals surface area contributed by atoms with Gasteiger partial charge in [0, 0.05) is 12.1 Å². The Morgan fingerprint density at radius 1 is 1.09 bits per heavy atom. The maximum atomic E-state index is 12.9. The molecule has 0 radical (unpaired) electrons. The maximum absolute atomic E-state index is 12.9. The van der Waals surface area contributed by atoms with Crippen molar-refractivity contribution in [1.82, 2.24) is 20.1 Å². The summed E-state index contributed by atoms with van der Waals surface area (Å²) in [6, 6.07) is 19.3. The van der Waals surface area contributed by atoms with Crippen LogP contribution in [0.4, 0.5) is 18.9 Å². The molecule has 1 amide bonds. The molecule has 0 saturated carbocycles. The van der Waals surface area contributed by atoms with E-state index in [0.29, 0.717) is 34.1 Å². The lowest BCUT2D eigenvalue weighted by atomic mass is 9.99. The molecule has 4 aromatic rings. The quantitative estimate of drug-likeness (QED) is 0.199. The van der Waals surface area contributed by atoms with E-state index in [9.17, 15) is 18.0 Å². The van der Waals surface area contributed by atoms with Crippen molar-refractivity contribution < 1.29 is 22.7 Å². The van der Waals surface area contributed by atoms with Crippen molar-refractivity contribution in [3.05, 3.63) is 89.7 Å². The number of halogens is 3. The molecule has 2 heterocycles. The van der Waals surface area contributed by atoms with Crippen LogP contribution in [0.1, 0.15) is 49.3 Å². The molecule has 1 atom stereocenters. The highest BCUT2D eigenvalue weighted by Crippen LogP contribution is 2.34. The van der Waals surface area contributed by atoms with Gasteiger partial charge in [-0.15, -0.1) is 18.3 Å². The van der Waals surface area contributed by atoms with Gasteiger partial charge >= 0.3 is 6.36 Å². The first-order chi connectivity index (χ1) is 21.4. The highest BCUT2D eigenvalue weighted by molar-refractivity contribution is 8.15. The Morgan fingerprint density at radius 2 is 1.80 bits per heavy atom. The Kier molecular flexibility index (Phi) is 9.59. The van der Waals surface area contributed by atoms with Gasteiger partial charge in [0.25, 0.3) is 0 Å². The fraction of sp³-hybridized carbons (Fsp3) is 0.281. The van der Waals surface area contributed by atoms with Gasteiger partial charge in [0.2, 0.25) is 5.91 Å². The second-order valence-corrected chi connectivity index (χ2v) is 12.2. The molecule has 0 bridgehead atoms. The van der Waals surface area contributed by atoms with Crippen LogP contribution in [0.2, 0.25) is 0 Å². The van der Waals surface area contributed by atoms with Gasteiger partial charge in [-0.2, -0.15) is 4.99 Å². The van der Waals surface area contributed by atoms with Crippen LogP contribution >= 0.6 is 24.0 Å². The molecule has 8 nitrogen and oxygen atoms in total. The van der Waals surface area contributed by atoms with Crippen molar-refractivity contribution in [3.8, 4) is 22.8 Å². The third-order valence-electron chi connectivity index (χ3n) is 7.14. The molecule has 0 aliphatic carbocycles. The van der Waals surface area contributed by atoms with Crippen LogP contribution in [-0.4, -0.2) is 49.6 Å². The second-order valence-electron chi connectivity index (χ2n) is 10.9. The number of aromatic nitrogens is 3. The number of hydrogen-bond donors (Lipinski definition) is 1. The van der Waals surface area contributed by atoms with E-state index >= 15 is 0 Å². The van der Waals surface area contributed by atoms with Crippen LogP contribution in [0, 0.1) is 6.92 Å². The van der Waals surface area contributed by atoms with Crippen molar-refractivity contribution in [1.29, 1.82) is 0 Å². The molecule has 234 valence electrons. The first kappa shape index (κ1) is 32.2. The van der Waals surface area contributed by atoms with Crippen LogP contribution < -0.4 is 15.0 Å². The fourth-order valence-corrected chi connectivity index (χ4v) is 5.88. The molecule has 1 aliphatic heterocycles. The number of benzene rings is 3. The number of aliphatic imine (C=N–C) groups is 1. The number of carbonyl (C=O) groups is 1. The highest BCUT2D eigenvalue weighted by atomic mass is 32.2. The summed E-state index contributed by atoms with van der Waals surface area (Å²) in [5, 5.41) is 8.56. The van der Waals surface area contributed by atoms with Crippen molar-refractivity contribution in [2.24, 2.45) is 4.99 Å². The lowest BCUT2D eigenvalue weighted by Gasteiger charge is -2.22. The van der Waals surface area contributed by atoms with E-state index in [0.717, 1.165) is 27.9 Å². The monoisotopic (exact) mass is 652 g/mol. The smallest absolute Gasteiger partial charge is 0.406 e. The lowest BCUT2D eigenvalue weighted by Crippen LogP contribution is -2.32. The normalized spacial score (nSPS) is 15.2. The number of aryl methyl sites for hydroxylation is 1. The molecule has 1 aromatic heterocycles. The zero-order chi connectivity index (χ0) is 32.3. The Hall–Kier alpha value is -4.23. The number of nitrogens with one attached hydrogen (secondary N) is 1. The molecule has 1 aliphatic rings. The molecular formula is C32H31F3N6O2S2. The molecule has 3 aromatic carbocycles. The van der Waals surface area contributed by atoms with Crippen molar-refractivity contribution in [3.63, 3.8) is 0 Å². The predicted molar refractivity (Wildman–Crippen MR) is 175 cm³/mol. The number of thioether (sulfide) groups is 1. The number of anilines is 1. The minimum Gasteiger partial charge on any atom is -0.406 e. The van der Waals surface area contributed by atoms with Gasteiger partial charge in [0.15, 0.2) is 16.1 Å². The zero-order valence-corrected chi connectivity index (χ0v) is 26.6. The van der Waals surface area contributed by atoms with Gasteiger partial charge in [-0.1, -0.05) is 68.9 Å². The molecule has 1 saturated heterocycles. The largest absolute Gasteiger partial charge is 0.573 e. The summed E-state index contributed by atoms with van der Waals surface area (Å²) in [7, 11) is 0. The number of hydrogen-bond acceptors (Lipinski definition) is 6. The van der Waals surface area contributed by atoms with E-state index < -0.39 is 6.36 Å². The Morgan fingerprint density at radius 3 is 2.47 bits per heavy atom. The summed E-state index contributed by atoms with van der Waals surface area (Å²) < 4.78 is 42.7. The Labute approximate surface area is 268 Å². The molecular weight excluding hydrogens is 622 g/mol. The number of amidine groups is 1. The van der Waals surface area contributed by atoms with Gasteiger partial charge < -0.3 is 10.1 Å². The van der Waals surface area contributed by atoms with Crippen molar-refractivity contribution in [2.75, 3.05) is 17.2 Å². The summed E-state index contributed by atoms with van der Waals surface area (Å²) in [6.45, 7) is 8.81. The van der Waals surface area contributed by atoms with Crippen molar-refractivity contribution >= 4 is 45.9 Å². The third-order valence-corrected chi connectivity index (χ3v) is 8.29. The summed E-state index contributed by atoms with van der Waals surface area (Å²) in [5.74, 6) is 0.796. The van der Waals surface area contributed by atoms with Crippen LogP contribution in [0.25, 0.3) is 17.1 Å². The summed E-state index contributed by atoms with van der Waals surface area (Å²) in [6.07, 6.45) is -3.25. The molecule has 0 spiro atoms. The standard InChI is InChI=1S/C32H31F3N6O2S2/c1-19(2)26-14-5-20(3)15-27(26)41-28(42)17-45-31(41)38-30(44)36-16-21(4)22-6-8-23(9-7-22)29-37-18-40(39-29)24-10-12-25(13-11-24)43-32(33,34)35/h5-15,18-19,21H,16-17H2,1-4H3,(H,36,44). The van der Waals surface area contributed by atoms with Crippen LogP contribution in [-0.2, 0) is 4.79 Å². The third kappa shape index (κ3) is 7.90. The van der Waals surface area contributed by atoms with E-state index in [1.54, 1.807) is 4.90 Å². The predicted octanol–water partition coefficient (Wildman–Crippen LogP) is 7.38. The van der Waals surface area contributed by atoms with Gasteiger partial charge in [0.05, 0.1) is 17.1 Å². The average Bonchev–Trinajstić information content (AvgIpc) is 3.62. The van der Waals surface area contributed by atoms with E-state index in [1.807, 2.05) is 37.3 Å². The van der Waals surface area contributed by atoms with Crippen LogP contribution in [0.5, 0.6) is 5.75 Å². The van der Waals surface area contributed by atoms with E-state index in [-0.39, 0.29) is 23.5 Å². The molecule has 45 heavy (non-hydrogen) atoms. The van der Waals surface area contributed by atoms with E-state index in [4.69, 9.17) is 12.2 Å². The number of rotatable bonds is 8. The number of thiocarbonyl (C=S) groups is 1. The second kappa shape index (κ2) is 13.4. The van der Waals surface area contributed by atoms with Crippen LogP contribution in [0.15, 0.2) is 78.0 Å². The number of amides is 1. The minimum atomic E-state index is -4.75.